The molecule has 2 aromatic carbocycles. The predicted molar refractivity (Wildman–Crippen MR) is 96.6 cm³/mol. The number of halogens is 1. The fraction of sp³-hybridized carbons (Fsp3) is 0.200. The molecule has 1 heterocycles. The lowest BCUT2D eigenvalue weighted by Gasteiger charge is -2.17. The van der Waals surface area contributed by atoms with E-state index in [2.05, 4.69) is 31.0 Å². The van der Waals surface area contributed by atoms with Crippen molar-refractivity contribution < 1.29 is 0 Å². The van der Waals surface area contributed by atoms with Crippen molar-refractivity contribution in [1.82, 2.24) is 9.97 Å². The van der Waals surface area contributed by atoms with Crippen LogP contribution in [0.15, 0.2) is 60.7 Å². The van der Waals surface area contributed by atoms with Gasteiger partial charge in [-0.25, -0.2) is 9.97 Å². The van der Waals surface area contributed by atoms with E-state index in [0.717, 1.165) is 28.8 Å². The molecular formula is C20H19ClN2. The summed E-state index contributed by atoms with van der Waals surface area (Å²) in [4.78, 5) is 9.41. The third-order valence-corrected chi connectivity index (χ3v) is 4.34. The van der Waals surface area contributed by atoms with Crippen LogP contribution < -0.4 is 0 Å². The third kappa shape index (κ3) is 3.27. The van der Waals surface area contributed by atoms with Crippen molar-refractivity contribution in [3.8, 4) is 22.5 Å². The summed E-state index contributed by atoms with van der Waals surface area (Å²) >= 11 is 6.57. The molecule has 1 atom stereocenters. The molecule has 3 heteroatoms. The summed E-state index contributed by atoms with van der Waals surface area (Å²) in [6.45, 7) is 4.34. The number of nitrogens with zero attached hydrogens (tertiary/aromatic N) is 2. The van der Waals surface area contributed by atoms with Gasteiger partial charge in [-0.3, -0.25) is 0 Å². The first-order chi connectivity index (χ1) is 11.2. The van der Waals surface area contributed by atoms with E-state index in [0.29, 0.717) is 16.9 Å². The van der Waals surface area contributed by atoms with Crippen molar-refractivity contribution >= 4 is 11.6 Å². The molecule has 1 unspecified atom stereocenters. The molecule has 23 heavy (non-hydrogen) atoms. The summed E-state index contributed by atoms with van der Waals surface area (Å²) in [5.41, 5.74) is 4.00. The molecule has 0 aliphatic heterocycles. The van der Waals surface area contributed by atoms with Crippen molar-refractivity contribution in [2.75, 3.05) is 0 Å². The zero-order chi connectivity index (χ0) is 16.2. The van der Waals surface area contributed by atoms with E-state index in [4.69, 9.17) is 16.6 Å². The zero-order valence-corrected chi connectivity index (χ0v) is 14.1. The van der Waals surface area contributed by atoms with Crippen LogP contribution in [0.3, 0.4) is 0 Å². The maximum Gasteiger partial charge on any atom is 0.161 e. The summed E-state index contributed by atoms with van der Waals surface area (Å²) in [5.74, 6) is 0.999. The Bertz CT molecular complexity index is 785. The van der Waals surface area contributed by atoms with Gasteiger partial charge in [0.25, 0.3) is 0 Å². The van der Waals surface area contributed by atoms with Gasteiger partial charge in [-0.1, -0.05) is 86.1 Å². The molecule has 3 aromatic rings. The standard InChI is InChI=1S/C20H19ClN2/c1-3-14(2)18-17(15-10-6-4-7-11-15)19(21)23-20(22-18)16-12-8-5-9-13-16/h4-14H,3H2,1-2H3. The van der Waals surface area contributed by atoms with Gasteiger partial charge in [0.15, 0.2) is 5.82 Å². The summed E-state index contributed by atoms with van der Waals surface area (Å²) in [5, 5.41) is 0.514. The largest absolute Gasteiger partial charge is 0.232 e. The van der Waals surface area contributed by atoms with Gasteiger partial charge in [0.2, 0.25) is 0 Å². The molecule has 0 N–H and O–H groups in total. The van der Waals surface area contributed by atoms with Crippen LogP contribution in [-0.2, 0) is 0 Å². The highest BCUT2D eigenvalue weighted by Gasteiger charge is 2.19. The number of aromatic nitrogens is 2. The first-order valence-electron chi connectivity index (χ1n) is 7.89. The SMILES string of the molecule is CCC(C)c1nc(-c2ccccc2)nc(Cl)c1-c1ccccc1. The van der Waals surface area contributed by atoms with E-state index < -0.39 is 0 Å². The van der Waals surface area contributed by atoms with Gasteiger partial charge in [0, 0.05) is 11.1 Å². The summed E-state index contributed by atoms with van der Waals surface area (Å²) in [6, 6.07) is 20.1. The van der Waals surface area contributed by atoms with E-state index in [1.807, 2.05) is 48.5 Å². The molecule has 0 saturated carbocycles. The Labute approximate surface area is 142 Å². The van der Waals surface area contributed by atoms with Crippen molar-refractivity contribution in [1.29, 1.82) is 0 Å². The molecule has 116 valence electrons. The smallest absolute Gasteiger partial charge is 0.161 e. The lowest BCUT2D eigenvalue weighted by atomic mass is 9.96. The van der Waals surface area contributed by atoms with E-state index in [9.17, 15) is 0 Å². The molecule has 0 spiro atoms. The van der Waals surface area contributed by atoms with Gasteiger partial charge < -0.3 is 0 Å². The van der Waals surface area contributed by atoms with Crippen LogP contribution in [0.5, 0.6) is 0 Å². The number of benzene rings is 2. The molecule has 0 amide bonds. The first kappa shape index (κ1) is 15.7. The molecule has 0 fully saturated rings. The van der Waals surface area contributed by atoms with Gasteiger partial charge in [-0.2, -0.15) is 0 Å². The van der Waals surface area contributed by atoms with Gasteiger partial charge in [0.1, 0.15) is 5.15 Å². The van der Waals surface area contributed by atoms with Gasteiger partial charge in [0.05, 0.1) is 5.69 Å². The van der Waals surface area contributed by atoms with Crippen LogP contribution in [-0.4, -0.2) is 9.97 Å². The van der Waals surface area contributed by atoms with Crippen LogP contribution in [0.2, 0.25) is 5.15 Å². The summed E-state index contributed by atoms with van der Waals surface area (Å²) in [7, 11) is 0. The van der Waals surface area contributed by atoms with Crippen molar-refractivity contribution in [3.63, 3.8) is 0 Å². The first-order valence-corrected chi connectivity index (χ1v) is 8.26. The molecule has 0 radical (unpaired) electrons. The second kappa shape index (κ2) is 6.93. The molecule has 2 nitrogen and oxygen atoms in total. The fourth-order valence-corrected chi connectivity index (χ4v) is 2.87. The molecule has 0 bridgehead atoms. The minimum Gasteiger partial charge on any atom is -0.232 e. The zero-order valence-electron chi connectivity index (χ0n) is 13.3. The lowest BCUT2D eigenvalue weighted by molar-refractivity contribution is 0.708. The minimum atomic E-state index is 0.313. The Kier molecular flexibility index (Phi) is 4.73. The summed E-state index contributed by atoms with van der Waals surface area (Å²) < 4.78 is 0. The molecule has 0 aliphatic carbocycles. The van der Waals surface area contributed by atoms with E-state index in [-0.39, 0.29) is 0 Å². The average molecular weight is 323 g/mol. The predicted octanol–water partition coefficient (Wildman–Crippen LogP) is 5.98. The molecule has 1 aromatic heterocycles. The topological polar surface area (TPSA) is 25.8 Å². The van der Waals surface area contributed by atoms with Crippen molar-refractivity contribution in [2.24, 2.45) is 0 Å². The highest BCUT2D eigenvalue weighted by molar-refractivity contribution is 6.32. The van der Waals surface area contributed by atoms with Crippen LogP contribution in [0.4, 0.5) is 0 Å². The van der Waals surface area contributed by atoms with Crippen LogP contribution >= 0.6 is 11.6 Å². The van der Waals surface area contributed by atoms with Crippen LogP contribution in [0, 0.1) is 0 Å². The van der Waals surface area contributed by atoms with Gasteiger partial charge >= 0.3 is 0 Å². The quantitative estimate of drug-likeness (QED) is 0.552. The highest BCUT2D eigenvalue weighted by Crippen LogP contribution is 2.35. The van der Waals surface area contributed by atoms with E-state index in [1.165, 1.54) is 0 Å². The Balaban J connectivity index is 2.21. The molecule has 0 aliphatic rings. The molecule has 3 rings (SSSR count). The fourth-order valence-electron chi connectivity index (χ4n) is 2.59. The number of hydrogen-bond acceptors (Lipinski definition) is 2. The third-order valence-electron chi connectivity index (χ3n) is 4.07. The second-order valence-corrected chi connectivity index (χ2v) is 6.00. The van der Waals surface area contributed by atoms with E-state index in [1.54, 1.807) is 0 Å². The monoisotopic (exact) mass is 322 g/mol. The van der Waals surface area contributed by atoms with Crippen molar-refractivity contribution in [3.05, 3.63) is 71.5 Å². The Morgan fingerprint density at radius 1 is 0.870 bits per heavy atom. The molecule has 0 saturated heterocycles. The maximum absolute atomic E-state index is 6.57. The Hall–Kier alpha value is -2.19. The van der Waals surface area contributed by atoms with E-state index >= 15 is 0 Å². The minimum absolute atomic E-state index is 0.313. The molecular weight excluding hydrogens is 304 g/mol. The Morgan fingerprint density at radius 2 is 1.43 bits per heavy atom. The van der Waals surface area contributed by atoms with Gasteiger partial charge in [-0.05, 0) is 17.9 Å². The lowest BCUT2D eigenvalue weighted by Crippen LogP contribution is -2.04. The normalized spacial score (nSPS) is 12.1. The van der Waals surface area contributed by atoms with Gasteiger partial charge in [-0.15, -0.1) is 0 Å². The second-order valence-electron chi connectivity index (χ2n) is 5.64. The highest BCUT2D eigenvalue weighted by atomic mass is 35.5. The Morgan fingerprint density at radius 3 is 2.00 bits per heavy atom. The number of hydrogen-bond donors (Lipinski definition) is 0. The average Bonchev–Trinajstić information content (AvgIpc) is 2.61. The summed E-state index contributed by atoms with van der Waals surface area (Å²) in [6.07, 6.45) is 1.00. The van der Waals surface area contributed by atoms with Crippen LogP contribution in [0.25, 0.3) is 22.5 Å². The maximum atomic E-state index is 6.57. The van der Waals surface area contributed by atoms with Crippen molar-refractivity contribution in [2.45, 2.75) is 26.2 Å². The van der Waals surface area contributed by atoms with Crippen LogP contribution in [0.1, 0.15) is 31.9 Å². The number of rotatable bonds is 4.